The van der Waals surface area contributed by atoms with E-state index in [4.69, 9.17) is 4.74 Å². The molecule has 1 aromatic heterocycles. The maximum absolute atomic E-state index is 6.36. The van der Waals surface area contributed by atoms with Crippen LogP contribution in [0.25, 0.3) is 0 Å². The lowest BCUT2D eigenvalue weighted by atomic mass is 9.90. The second kappa shape index (κ2) is 4.80. The molecule has 0 N–H and O–H groups in total. The first-order valence-electron chi connectivity index (χ1n) is 7.45. The molecule has 110 valence electrons. The Balaban J connectivity index is 1.48. The highest BCUT2D eigenvalue weighted by molar-refractivity contribution is 5.36. The normalized spacial score (nSPS) is 25.0. The number of likely N-dealkylation sites (tertiary alicyclic amines) is 1. The number of para-hydroxylation sites is 1. The topological polar surface area (TPSA) is 56.1 Å². The summed E-state index contributed by atoms with van der Waals surface area (Å²) >= 11 is 0. The lowest BCUT2D eigenvalue weighted by Crippen LogP contribution is -2.42. The van der Waals surface area contributed by atoms with E-state index in [2.05, 4.69) is 44.7 Å². The van der Waals surface area contributed by atoms with Crippen molar-refractivity contribution in [3.8, 4) is 5.75 Å². The van der Waals surface area contributed by atoms with Crippen LogP contribution in [0, 0.1) is 0 Å². The molecule has 2 aromatic rings. The molecule has 1 aromatic carbocycles. The molecule has 1 spiro atoms. The van der Waals surface area contributed by atoms with E-state index in [0.29, 0.717) is 0 Å². The Labute approximate surface area is 123 Å². The van der Waals surface area contributed by atoms with Crippen LogP contribution in [0.1, 0.15) is 24.2 Å². The largest absolute Gasteiger partial charge is 0.486 e. The van der Waals surface area contributed by atoms with Gasteiger partial charge in [-0.2, -0.15) is 0 Å². The fourth-order valence-electron chi connectivity index (χ4n) is 3.39. The molecule has 0 aliphatic carbocycles. The van der Waals surface area contributed by atoms with Crippen LogP contribution in [0.2, 0.25) is 0 Å². The molecule has 2 aliphatic rings. The van der Waals surface area contributed by atoms with Crippen molar-refractivity contribution in [1.82, 2.24) is 25.1 Å². The zero-order valence-corrected chi connectivity index (χ0v) is 12.2. The molecule has 6 nitrogen and oxygen atoms in total. The highest BCUT2D eigenvalue weighted by atomic mass is 16.5. The monoisotopic (exact) mass is 285 g/mol. The molecule has 2 aliphatic heterocycles. The number of aryl methyl sites for hydroxylation is 2. The minimum Gasteiger partial charge on any atom is -0.486 e. The average molecular weight is 285 g/mol. The molecular weight excluding hydrogens is 266 g/mol. The highest BCUT2D eigenvalue weighted by Gasteiger charge is 2.42. The van der Waals surface area contributed by atoms with Gasteiger partial charge in [-0.05, 0) is 34.9 Å². The van der Waals surface area contributed by atoms with E-state index in [1.165, 1.54) is 5.56 Å². The van der Waals surface area contributed by atoms with E-state index in [1.807, 2.05) is 7.05 Å². The standard InChI is InChI=1S/C15H19N5O/c1-19-14(16-17-18-19)10-20-9-8-15(11-20)7-6-12-4-2-3-5-13(12)21-15/h2-5H,6-11H2,1H3. The Kier molecular flexibility index (Phi) is 2.92. The molecule has 3 heterocycles. The Morgan fingerprint density at radius 2 is 2.19 bits per heavy atom. The molecule has 1 atom stereocenters. The summed E-state index contributed by atoms with van der Waals surface area (Å²) in [5.41, 5.74) is 1.31. The van der Waals surface area contributed by atoms with Crippen LogP contribution in [0.15, 0.2) is 24.3 Å². The van der Waals surface area contributed by atoms with Gasteiger partial charge in [0, 0.05) is 26.6 Å². The number of nitrogens with zero attached hydrogens (tertiary/aromatic N) is 5. The maximum Gasteiger partial charge on any atom is 0.164 e. The number of hydrogen-bond acceptors (Lipinski definition) is 5. The van der Waals surface area contributed by atoms with Crippen molar-refractivity contribution in [1.29, 1.82) is 0 Å². The first-order valence-corrected chi connectivity index (χ1v) is 7.45. The van der Waals surface area contributed by atoms with Gasteiger partial charge in [-0.1, -0.05) is 18.2 Å². The molecule has 21 heavy (non-hydrogen) atoms. The van der Waals surface area contributed by atoms with Crippen LogP contribution < -0.4 is 4.74 Å². The number of benzene rings is 1. The third-order valence-electron chi connectivity index (χ3n) is 4.62. The smallest absolute Gasteiger partial charge is 0.164 e. The predicted octanol–water partition coefficient (Wildman–Crippen LogP) is 1.18. The van der Waals surface area contributed by atoms with Crippen LogP contribution in [-0.4, -0.2) is 43.8 Å². The first kappa shape index (κ1) is 12.8. The number of aromatic nitrogens is 4. The van der Waals surface area contributed by atoms with Crippen molar-refractivity contribution < 1.29 is 4.74 Å². The minimum atomic E-state index is -0.0274. The van der Waals surface area contributed by atoms with Gasteiger partial charge in [0.2, 0.25) is 0 Å². The van der Waals surface area contributed by atoms with Gasteiger partial charge in [0.05, 0.1) is 6.54 Å². The summed E-state index contributed by atoms with van der Waals surface area (Å²) < 4.78 is 8.10. The van der Waals surface area contributed by atoms with Crippen molar-refractivity contribution in [2.75, 3.05) is 13.1 Å². The second-order valence-corrected chi connectivity index (χ2v) is 6.07. The van der Waals surface area contributed by atoms with Crippen molar-refractivity contribution in [2.45, 2.75) is 31.4 Å². The average Bonchev–Trinajstić information content (AvgIpc) is 3.07. The van der Waals surface area contributed by atoms with Gasteiger partial charge in [-0.15, -0.1) is 5.10 Å². The summed E-state index contributed by atoms with van der Waals surface area (Å²) in [7, 11) is 1.88. The summed E-state index contributed by atoms with van der Waals surface area (Å²) in [5, 5.41) is 11.7. The summed E-state index contributed by atoms with van der Waals surface area (Å²) in [6.45, 7) is 2.78. The van der Waals surface area contributed by atoms with Crippen LogP contribution in [0.4, 0.5) is 0 Å². The predicted molar refractivity (Wildman–Crippen MR) is 76.8 cm³/mol. The fourth-order valence-corrected chi connectivity index (χ4v) is 3.39. The van der Waals surface area contributed by atoms with E-state index in [1.54, 1.807) is 4.68 Å². The molecule has 0 bridgehead atoms. The van der Waals surface area contributed by atoms with E-state index >= 15 is 0 Å². The second-order valence-electron chi connectivity index (χ2n) is 6.07. The summed E-state index contributed by atoms with van der Waals surface area (Å²) in [6, 6.07) is 8.39. The minimum absolute atomic E-state index is 0.0274. The van der Waals surface area contributed by atoms with Gasteiger partial charge in [-0.25, -0.2) is 4.68 Å². The Hall–Kier alpha value is -1.95. The SMILES string of the molecule is Cn1nnnc1CN1CCC2(CCc3ccccc3O2)C1. The van der Waals surface area contributed by atoms with E-state index in [0.717, 1.165) is 50.5 Å². The van der Waals surface area contributed by atoms with Crippen LogP contribution in [-0.2, 0) is 20.0 Å². The molecule has 1 saturated heterocycles. The van der Waals surface area contributed by atoms with Gasteiger partial charge >= 0.3 is 0 Å². The zero-order valence-electron chi connectivity index (χ0n) is 12.2. The lowest BCUT2D eigenvalue weighted by Gasteiger charge is -2.35. The molecule has 6 heteroatoms. The number of tetrazole rings is 1. The third-order valence-corrected chi connectivity index (χ3v) is 4.62. The molecular formula is C15H19N5O. The maximum atomic E-state index is 6.36. The Morgan fingerprint density at radius 1 is 1.29 bits per heavy atom. The van der Waals surface area contributed by atoms with Crippen molar-refractivity contribution in [3.05, 3.63) is 35.7 Å². The zero-order chi connectivity index (χ0) is 14.3. The number of ether oxygens (including phenoxy) is 1. The quantitative estimate of drug-likeness (QED) is 0.829. The van der Waals surface area contributed by atoms with Gasteiger partial charge in [0.1, 0.15) is 11.4 Å². The van der Waals surface area contributed by atoms with Crippen LogP contribution in [0.3, 0.4) is 0 Å². The summed E-state index contributed by atoms with van der Waals surface area (Å²) in [6.07, 6.45) is 3.28. The van der Waals surface area contributed by atoms with E-state index in [-0.39, 0.29) is 5.60 Å². The van der Waals surface area contributed by atoms with Crippen LogP contribution in [0.5, 0.6) is 5.75 Å². The van der Waals surface area contributed by atoms with E-state index < -0.39 is 0 Å². The van der Waals surface area contributed by atoms with Gasteiger partial charge in [0.25, 0.3) is 0 Å². The molecule has 0 amide bonds. The van der Waals surface area contributed by atoms with Gasteiger partial charge in [0.15, 0.2) is 5.82 Å². The highest BCUT2D eigenvalue weighted by Crippen LogP contribution is 2.38. The summed E-state index contributed by atoms with van der Waals surface area (Å²) in [5.74, 6) is 1.97. The van der Waals surface area contributed by atoms with Crippen molar-refractivity contribution in [3.63, 3.8) is 0 Å². The van der Waals surface area contributed by atoms with Crippen molar-refractivity contribution >= 4 is 0 Å². The third kappa shape index (κ3) is 2.29. The van der Waals surface area contributed by atoms with Crippen LogP contribution >= 0.6 is 0 Å². The molecule has 0 radical (unpaired) electrons. The summed E-state index contributed by atoms with van der Waals surface area (Å²) in [4.78, 5) is 2.39. The Bertz CT molecular complexity index is 655. The van der Waals surface area contributed by atoms with Gasteiger partial charge in [-0.3, -0.25) is 4.90 Å². The molecule has 0 saturated carbocycles. The molecule has 4 rings (SSSR count). The van der Waals surface area contributed by atoms with Crippen molar-refractivity contribution in [2.24, 2.45) is 7.05 Å². The molecule has 1 unspecified atom stereocenters. The fraction of sp³-hybridized carbons (Fsp3) is 0.533. The molecule has 1 fully saturated rings. The number of fused-ring (bicyclic) bond motifs is 1. The van der Waals surface area contributed by atoms with E-state index in [9.17, 15) is 0 Å². The number of rotatable bonds is 2. The van der Waals surface area contributed by atoms with Gasteiger partial charge < -0.3 is 4.74 Å². The first-order chi connectivity index (χ1) is 10.2. The number of hydrogen-bond donors (Lipinski definition) is 0. The lowest BCUT2D eigenvalue weighted by molar-refractivity contribution is 0.0533. The Morgan fingerprint density at radius 3 is 3.05 bits per heavy atom.